The molecule has 0 aliphatic carbocycles. The van der Waals surface area contributed by atoms with Crippen molar-refractivity contribution in [3.05, 3.63) is 82.2 Å². The Bertz CT molecular complexity index is 1290. The molecule has 0 N–H and O–H groups in total. The van der Waals surface area contributed by atoms with Crippen molar-refractivity contribution in [2.24, 2.45) is 0 Å². The lowest BCUT2D eigenvalue weighted by Crippen LogP contribution is -2.36. The molecule has 0 saturated carbocycles. The molecule has 2 aromatic carbocycles. The molecule has 2 aliphatic heterocycles. The second-order valence-electron chi connectivity index (χ2n) is 8.40. The van der Waals surface area contributed by atoms with E-state index in [0.717, 1.165) is 18.4 Å². The van der Waals surface area contributed by atoms with Crippen molar-refractivity contribution in [3.63, 3.8) is 0 Å². The number of amides is 1. The fourth-order valence-electron chi connectivity index (χ4n) is 4.74. The van der Waals surface area contributed by atoms with Gasteiger partial charge >= 0.3 is 0 Å². The number of para-hydroxylation sites is 1. The molecule has 1 saturated heterocycles. The molecule has 34 heavy (non-hydrogen) atoms. The summed E-state index contributed by atoms with van der Waals surface area (Å²) in [4.78, 5) is 28.9. The van der Waals surface area contributed by atoms with Crippen LogP contribution in [0.3, 0.4) is 0 Å². The maximum atomic E-state index is 13.6. The van der Waals surface area contributed by atoms with Gasteiger partial charge in [0.05, 0.1) is 29.7 Å². The Morgan fingerprint density at radius 3 is 2.76 bits per heavy atom. The molecular formula is C27H27NO6. The minimum Gasteiger partial charge on any atom is -0.490 e. The third-order valence-electron chi connectivity index (χ3n) is 6.24. The van der Waals surface area contributed by atoms with Crippen LogP contribution in [-0.2, 0) is 4.74 Å². The van der Waals surface area contributed by atoms with Gasteiger partial charge in [0.1, 0.15) is 12.2 Å². The molecule has 176 valence electrons. The Labute approximate surface area is 197 Å². The molecule has 3 heterocycles. The Hall–Kier alpha value is -3.58. The summed E-state index contributed by atoms with van der Waals surface area (Å²) in [6, 6.07) is 11.9. The molecule has 0 radical (unpaired) electrons. The predicted molar refractivity (Wildman–Crippen MR) is 128 cm³/mol. The summed E-state index contributed by atoms with van der Waals surface area (Å²) in [5.74, 6) is 0.913. The maximum absolute atomic E-state index is 13.6. The number of carbonyl (C=O) groups excluding carboxylic acids is 1. The zero-order chi connectivity index (χ0) is 23.7. The number of fused-ring (bicyclic) bond motifs is 2. The normalized spacial score (nSPS) is 19.4. The van der Waals surface area contributed by atoms with Crippen molar-refractivity contribution in [1.82, 2.24) is 4.90 Å². The molecule has 2 atom stereocenters. The molecule has 7 heteroatoms. The summed E-state index contributed by atoms with van der Waals surface area (Å²) in [7, 11) is 0. The van der Waals surface area contributed by atoms with Gasteiger partial charge in [0, 0.05) is 13.2 Å². The van der Waals surface area contributed by atoms with Gasteiger partial charge in [-0.25, -0.2) is 0 Å². The highest BCUT2D eigenvalue weighted by Crippen LogP contribution is 2.41. The summed E-state index contributed by atoms with van der Waals surface area (Å²) in [5.41, 5.74) is 1.31. The lowest BCUT2D eigenvalue weighted by atomic mass is 9.97. The number of hydrogen-bond acceptors (Lipinski definition) is 6. The SMILES string of the molecule is C=CCOc1ccc(C2c3c(oc4ccccc4c3=O)C(=O)N2CC2CCCO2)cc1OCC. The first-order valence-corrected chi connectivity index (χ1v) is 11.6. The summed E-state index contributed by atoms with van der Waals surface area (Å²) in [6.45, 7) is 7.42. The van der Waals surface area contributed by atoms with Gasteiger partial charge in [0.15, 0.2) is 16.9 Å². The lowest BCUT2D eigenvalue weighted by Gasteiger charge is -2.28. The highest BCUT2D eigenvalue weighted by Gasteiger charge is 2.44. The van der Waals surface area contributed by atoms with E-state index in [1.165, 1.54) is 0 Å². The fourth-order valence-corrected chi connectivity index (χ4v) is 4.74. The van der Waals surface area contributed by atoms with Crippen LogP contribution < -0.4 is 14.9 Å². The summed E-state index contributed by atoms with van der Waals surface area (Å²) >= 11 is 0. The minimum atomic E-state index is -0.611. The van der Waals surface area contributed by atoms with Crippen LogP contribution in [0.5, 0.6) is 11.5 Å². The number of ether oxygens (including phenoxy) is 3. The molecular weight excluding hydrogens is 434 g/mol. The Morgan fingerprint density at radius 2 is 2.00 bits per heavy atom. The average molecular weight is 462 g/mol. The van der Waals surface area contributed by atoms with Crippen molar-refractivity contribution in [1.29, 1.82) is 0 Å². The van der Waals surface area contributed by atoms with Gasteiger partial charge in [-0.2, -0.15) is 0 Å². The van der Waals surface area contributed by atoms with E-state index < -0.39 is 6.04 Å². The first-order chi connectivity index (χ1) is 16.6. The van der Waals surface area contributed by atoms with Crippen LogP contribution >= 0.6 is 0 Å². The van der Waals surface area contributed by atoms with E-state index in [2.05, 4.69) is 6.58 Å². The number of nitrogens with zero attached hydrogens (tertiary/aromatic N) is 1. The molecule has 3 aromatic rings. The number of hydrogen-bond donors (Lipinski definition) is 0. The van der Waals surface area contributed by atoms with Crippen molar-refractivity contribution >= 4 is 16.9 Å². The quantitative estimate of drug-likeness (QED) is 0.460. The van der Waals surface area contributed by atoms with Gasteiger partial charge in [-0.15, -0.1) is 0 Å². The van der Waals surface area contributed by atoms with Crippen molar-refractivity contribution in [2.75, 3.05) is 26.4 Å². The zero-order valence-corrected chi connectivity index (χ0v) is 19.1. The van der Waals surface area contributed by atoms with Gasteiger partial charge in [0.2, 0.25) is 5.76 Å². The summed E-state index contributed by atoms with van der Waals surface area (Å²) in [5, 5.41) is 0.453. The molecule has 7 nitrogen and oxygen atoms in total. The fraction of sp³-hybridized carbons (Fsp3) is 0.333. The van der Waals surface area contributed by atoms with E-state index in [1.807, 2.05) is 19.1 Å². The number of carbonyl (C=O) groups is 1. The van der Waals surface area contributed by atoms with Crippen LogP contribution in [0.4, 0.5) is 0 Å². The molecule has 5 rings (SSSR count). The number of benzene rings is 2. The van der Waals surface area contributed by atoms with Gasteiger partial charge in [-0.05, 0) is 49.6 Å². The van der Waals surface area contributed by atoms with E-state index >= 15 is 0 Å². The van der Waals surface area contributed by atoms with Crippen LogP contribution in [0.2, 0.25) is 0 Å². The standard InChI is InChI=1S/C27H27NO6/c1-3-13-33-21-12-11-17(15-22(21)31-4-2)24-23-25(29)19-9-5-6-10-20(19)34-26(23)27(30)28(24)16-18-8-7-14-32-18/h3,5-6,9-12,15,18,24H,1,4,7-8,13-14,16H2,2H3. The second-order valence-corrected chi connectivity index (χ2v) is 8.40. The lowest BCUT2D eigenvalue weighted by molar-refractivity contribution is 0.0486. The first kappa shape index (κ1) is 22.2. The van der Waals surface area contributed by atoms with E-state index in [4.69, 9.17) is 18.6 Å². The van der Waals surface area contributed by atoms with Crippen molar-refractivity contribution in [3.8, 4) is 11.5 Å². The van der Waals surface area contributed by atoms with Gasteiger partial charge in [-0.1, -0.05) is 30.9 Å². The molecule has 2 unspecified atom stereocenters. The number of rotatable bonds is 8. The van der Waals surface area contributed by atoms with E-state index in [0.29, 0.717) is 54.4 Å². The van der Waals surface area contributed by atoms with E-state index in [9.17, 15) is 9.59 Å². The smallest absolute Gasteiger partial charge is 0.291 e. The van der Waals surface area contributed by atoms with Crippen molar-refractivity contribution in [2.45, 2.75) is 31.9 Å². The molecule has 1 aromatic heterocycles. The molecule has 1 fully saturated rings. The summed E-state index contributed by atoms with van der Waals surface area (Å²) in [6.07, 6.45) is 3.41. The zero-order valence-electron chi connectivity index (χ0n) is 19.1. The van der Waals surface area contributed by atoms with Crippen LogP contribution in [0.15, 0.2) is 64.3 Å². The molecule has 1 amide bonds. The Kier molecular flexibility index (Phi) is 6.11. The summed E-state index contributed by atoms with van der Waals surface area (Å²) < 4.78 is 23.4. The molecule has 0 bridgehead atoms. The van der Waals surface area contributed by atoms with Gasteiger partial charge in [0.25, 0.3) is 5.91 Å². The van der Waals surface area contributed by atoms with Crippen LogP contribution in [0, 0.1) is 0 Å². The Balaban J connectivity index is 1.65. The topological polar surface area (TPSA) is 78.2 Å². The monoisotopic (exact) mass is 461 g/mol. The molecule has 0 spiro atoms. The van der Waals surface area contributed by atoms with Gasteiger partial charge in [-0.3, -0.25) is 9.59 Å². The third-order valence-corrected chi connectivity index (χ3v) is 6.24. The minimum absolute atomic E-state index is 0.0770. The highest BCUT2D eigenvalue weighted by molar-refractivity contribution is 5.99. The maximum Gasteiger partial charge on any atom is 0.291 e. The molecule has 2 aliphatic rings. The van der Waals surface area contributed by atoms with E-state index in [-0.39, 0.29) is 23.2 Å². The first-order valence-electron chi connectivity index (χ1n) is 11.6. The third kappa shape index (κ3) is 3.86. The largest absolute Gasteiger partial charge is 0.490 e. The van der Waals surface area contributed by atoms with Crippen LogP contribution in [-0.4, -0.2) is 43.3 Å². The van der Waals surface area contributed by atoms with Gasteiger partial charge < -0.3 is 23.5 Å². The predicted octanol–water partition coefficient (Wildman–Crippen LogP) is 4.48. The second kappa shape index (κ2) is 9.35. The average Bonchev–Trinajstić information content (AvgIpc) is 3.46. The highest BCUT2D eigenvalue weighted by atomic mass is 16.5. The van der Waals surface area contributed by atoms with Crippen LogP contribution in [0.25, 0.3) is 11.0 Å². The van der Waals surface area contributed by atoms with E-state index in [1.54, 1.807) is 41.3 Å². The van der Waals surface area contributed by atoms with Crippen LogP contribution in [0.1, 0.15) is 47.5 Å². The Morgan fingerprint density at radius 1 is 1.15 bits per heavy atom. The van der Waals surface area contributed by atoms with Crippen molar-refractivity contribution < 1.29 is 23.4 Å².